The predicted molar refractivity (Wildman–Crippen MR) is 107 cm³/mol. The van der Waals surface area contributed by atoms with Crippen molar-refractivity contribution in [2.24, 2.45) is 4.99 Å². The molecule has 7 nitrogen and oxygen atoms in total. The van der Waals surface area contributed by atoms with E-state index >= 15 is 0 Å². The molecule has 0 spiro atoms. The molecule has 2 aromatic rings. The van der Waals surface area contributed by atoms with Crippen LogP contribution in [-0.4, -0.2) is 48.6 Å². The molecule has 0 fully saturated rings. The summed E-state index contributed by atoms with van der Waals surface area (Å²) >= 11 is 0. The van der Waals surface area contributed by atoms with Crippen molar-refractivity contribution in [3.8, 4) is 11.5 Å². The maximum Gasteiger partial charge on any atom is 0.387 e. The monoisotopic (exact) mass is 406 g/mol. The van der Waals surface area contributed by atoms with Crippen LogP contribution in [0.5, 0.6) is 11.5 Å². The van der Waals surface area contributed by atoms with Crippen molar-refractivity contribution < 1.29 is 23.4 Å². The lowest BCUT2D eigenvalue weighted by molar-refractivity contribution is -0.114. The molecule has 29 heavy (non-hydrogen) atoms. The lowest BCUT2D eigenvalue weighted by Crippen LogP contribution is -2.39. The number of nitrogens with one attached hydrogen (secondary N) is 2. The number of nitrogens with zero attached hydrogens (tertiary/aromatic N) is 2. The van der Waals surface area contributed by atoms with Gasteiger partial charge in [0.25, 0.3) is 0 Å². The van der Waals surface area contributed by atoms with Crippen LogP contribution in [0.2, 0.25) is 0 Å². The van der Waals surface area contributed by atoms with Crippen LogP contribution >= 0.6 is 0 Å². The number of alkyl halides is 2. The Morgan fingerprint density at radius 2 is 1.83 bits per heavy atom. The van der Waals surface area contributed by atoms with E-state index in [1.165, 1.54) is 24.3 Å². The number of rotatable bonds is 8. The van der Waals surface area contributed by atoms with E-state index in [4.69, 9.17) is 0 Å². The Morgan fingerprint density at radius 1 is 1.17 bits per heavy atom. The summed E-state index contributed by atoms with van der Waals surface area (Å²) in [5.41, 5.74) is 1.43. The summed E-state index contributed by atoms with van der Waals surface area (Å²) in [6.07, 6.45) is 0. The van der Waals surface area contributed by atoms with Crippen LogP contribution in [-0.2, 0) is 11.3 Å². The number of carbonyl (C=O) groups is 1. The summed E-state index contributed by atoms with van der Waals surface area (Å²) in [5.74, 6) is 0.443. The molecule has 0 atom stereocenters. The summed E-state index contributed by atoms with van der Waals surface area (Å²) in [6.45, 7) is 0.0405. The maximum absolute atomic E-state index is 12.2. The summed E-state index contributed by atoms with van der Waals surface area (Å²) in [7, 11) is 1.81. The number of halogens is 2. The van der Waals surface area contributed by atoms with Crippen molar-refractivity contribution in [3.63, 3.8) is 0 Å². The van der Waals surface area contributed by atoms with E-state index in [0.717, 1.165) is 5.56 Å². The fourth-order valence-corrected chi connectivity index (χ4v) is 2.49. The smallest absolute Gasteiger partial charge is 0.387 e. The SMILES string of the molecule is CCNC(=NCC(=O)Nc1ccc(O)cc1)N(C)Cc1ccc(OC(F)F)cc1. The van der Waals surface area contributed by atoms with E-state index in [1.807, 2.05) is 18.9 Å². The van der Waals surface area contributed by atoms with Gasteiger partial charge in [-0.3, -0.25) is 4.79 Å². The van der Waals surface area contributed by atoms with Crippen molar-refractivity contribution in [1.29, 1.82) is 0 Å². The second-order valence-electron chi connectivity index (χ2n) is 6.14. The van der Waals surface area contributed by atoms with Crippen molar-refractivity contribution in [2.45, 2.75) is 20.1 Å². The minimum Gasteiger partial charge on any atom is -0.508 e. The van der Waals surface area contributed by atoms with E-state index in [0.29, 0.717) is 24.7 Å². The Labute approximate surface area is 168 Å². The largest absolute Gasteiger partial charge is 0.508 e. The number of aliphatic imine (C=N–C) groups is 1. The Bertz CT molecular complexity index is 811. The van der Waals surface area contributed by atoms with Crippen molar-refractivity contribution >= 4 is 17.6 Å². The number of phenolic OH excluding ortho intramolecular Hbond substituents is 1. The third kappa shape index (κ3) is 7.65. The highest BCUT2D eigenvalue weighted by molar-refractivity contribution is 5.94. The summed E-state index contributed by atoms with van der Waals surface area (Å²) in [5, 5.41) is 15.1. The van der Waals surface area contributed by atoms with Gasteiger partial charge in [-0.2, -0.15) is 8.78 Å². The molecule has 0 saturated carbocycles. The summed E-state index contributed by atoms with van der Waals surface area (Å²) < 4.78 is 28.8. The molecule has 0 radical (unpaired) electrons. The first-order valence-corrected chi connectivity index (χ1v) is 8.99. The van der Waals surface area contributed by atoms with Crippen molar-refractivity contribution in [1.82, 2.24) is 10.2 Å². The molecule has 0 saturated heterocycles. The van der Waals surface area contributed by atoms with Gasteiger partial charge in [0, 0.05) is 25.8 Å². The number of hydrogen-bond acceptors (Lipinski definition) is 4. The number of ether oxygens (including phenoxy) is 1. The average molecular weight is 406 g/mol. The lowest BCUT2D eigenvalue weighted by atomic mass is 10.2. The van der Waals surface area contributed by atoms with Crippen LogP contribution in [0.1, 0.15) is 12.5 Å². The summed E-state index contributed by atoms with van der Waals surface area (Å²) in [4.78, 5) is 18.3. The Hall–Kier alpha value is -3.36. The molecular formula is C20H24F2N4O3. The zero-order chi connectivity index (χ0) is 21.2. The average Bonchev–Trinajstić information content (AvgIpc) is 2.68. The van der Waals surface area contributed by atoms with Gasteiger partial charge in [-0.1, -0.05) is 12.1 Å². The Kier molecular flexibility index (Phi) is 8.20. The zero-order valence-corrected chi connectivity index (χ0v) is 16.2. The molecule has 156 valence electrons. The van der Waals surface area contributed by atoms with Crippen LogP contribution in [0.3, 0.4) is 0 Å². The number of hydrogen-bond donors (Lipinski definition) is 3. The van der Waals surface area contributed by atoms with Crippen LogP contribution in [0.15, 0.2) is 53.5 Å². The molecule has 1 amide bonds. The van der Waals surface area contributed by atoms with Crippen LogP contribution in [0, 0.1) is 0 Å². The van der Waals surface area contributed by atoms with Gasteiger partial charge in [-0.15, -0.1) is 0 Å². The first kappa shape index (κ1) is 21.9. The number of aromatic hydroxyl groups is 1. The van der Waals surface area contributed by atoms with Crippen LogP contribution in [0.25, 0.3) is 0 Å². The zero-order valence-electron chi connectivity index (χ0n) is 16.2. The normalized spacial score (nSPS) is 11.3. The number of anilines is 1. The molecule has 0 aromatic heterocycles. The van der Waals surface area contributed by atoms with E-state index in [1.54, 1.807) is 24.3 Å². The molecule has 2 aromatic carbocycles. The molecule has 0 bridgehead atoms. The van der Waals surface area contributed by atoms with Gasteiger partial charge in [-0.25, -0.2) is 4.99 Å². The standard InChI is InChI=1S/C20H24F2N4O3/c1-3-23-20(24-12-18(28)25-15-6-8-16(27)9-7-15)26(2)13-14-4-10-17(11-5-14)29-19(21)22/h4-11,19,27H,3,12-13H2,1-2H3,(H,23,24)(H,25,28). The number of phenols is 1. The highest BCUT2D eigenvalue weighted by Gasteiger charge is 2.09. The van der Waals surface area contributed by atoms with Crippen LogP contribution < -0.4 is 15.4 Å². The highest BCUT2D eigenvalue weighted by atomic mass is 19.3. The second-order valence-corrected chi connectivity index (χ2v) is 6.14. The number of amides is 1. The van der Waals surface area contributed by atoms with E-state index in [-0.39, 0.29) is 24.0 Å². The van der Waals surface area contributed by atoms with E-state index < -0.39 is 6.61 Å². The fourth-order valence-electron chi connectivity index (χ4n) is 2.49. The van der Waals surface area contributed by atoms with Crippen LogP contribution in [0.4, 0.5) is 14.5 Å². The molecule has 0 aliphatic carbocycles. The first-order chi connectivity index (χ1) is 13.9. The highest BCUT2D eigenvalue weighted by Crippen LogP contribution is 2.16. The molecular weight excluding hydrogens is 382 g/mol. The molecule has 0 unspecified atom stereocenters. The van der Waals surface area contributed by atoms with Gasteiger partial charge in [-0.05, 0) is 48.9 Å². The minimum atomic E-state index is -2.86. The Morgan fingerprint density at radius 3 is 2.41 bits per heavy atom. The van der Waals surface area contributed by atoms with Crippen molar-refractivity contribution in [3.05, 3.63) is 54.1 Å². The minimum absolute atomic E-state index is 0.0886. The first-order valence-electron chi connectivity index (χ1n) is 8.99. The number of guanidine groups is 1. The lowest BCUT2D eigenvalue weighted by Gasteiger charge is -2.22. The molecule has 3 N–H and O–H groups in total. The maximum atomic E-state index is 12.2. The molecule has 2 rings (SSSR count). The Balaban J connectivity index is 1.95. The van der Waals surface area contributed by atoms with Gasteiger partial charge in [0.2, 0.25) is 5.91 Å². The van der Waals surface area contributed by atoms with Gasteiger partial charge < -0.3 is 25.4 Å². The summed E-state index contributed by atoms with van der Waals surface area (Å²) in [6, 6.07) is 12.5. The van der Waals surface area contributed by atoms with Gasteiger partial charge >= 0.3 is 6.61 Å². The molecule has 0 heterocycles. The number of benzene rings is 2. The second kappa shape index (κ2) is 10.8. The quantitative estimate of drug-likeness (QED) is 0.356. The van der Waals surface area contributed by atoms with E-state index in [2.05, 4.69) is 20.4 Å². The number of carbonyl (C=O) groups excluding carboxylic acids is 1. The van der Waals surface area contributed by atoms with Crippen molar-refractivity contribution in [2.75, 3.05) is 25.5 Å². The predicted octanol–water partition coefficient (Wildman–Crippen LogP) is 3.03. The van der Waals surface area contributed by atoms with Gasteiger partial charge in [0.15, 0.2) is 5.96 Å². The molecule has 0 aliphatic heterocycles. The van der Waals surface area contributed by atoms with E-state index in [9.17, 15) is 18.7 Å². The topological polar surface area (TPSA) is 86.2 Å². The fraction of sp³-hybridized carbons (Fsp3) is 0.300. The van der Waals surface area contributed by atoms with Gasteiger partial charge in [0.1, 0.15) is 18.0 Å². The van der Waals surface area contributed by atoms with Gasteiger partial charge in [0.05, 0.1) is 0 Å². The third-order valence-corrected chi connectivity index (χ3v) is 3.79. The molecule has 0 aliphatic rings. The third-order valence-electron chi connectivity index (χ3n) is 3.79. The molecule has 9 heteroatoms.